The second kappa shape index (κ2) is 6.53. The third-order valence-electron chi connectivity index (χ3n) is 4.39. The van der Waals surface area contributed by atoms with Crippen molar-refractivity contribution in [3.05, 3.63) is 35.4 Å². The van der Waals surface area contributed by atoms with Crippen molar-refractivity contribution in [3.8, 4) is 0 Å². The molecule has 0 aromatic heterocycles. The molecule has 0 heterocycles. The van der Waals surface area contributed by atoms with Crippen molar-refractivity contribution < 1.29 is 4.74 Å². The van der Waals surface area contributed by atoms with Crippen molar-refractivity contribution in [1.29, 1.82) is 0 Å². The first-order chi connectivity index (χ1) is 9.22. The van der Waals surface area contributed by atoms with Crippen molar-refractivity contribution in [2.24, 2.45) is 0 Å². The summed E-state index contributed by atoms with van der Waals surface area (Å²) < 4.78 is 5.98. The predicted molar refractivity (Wildman–Crippen MR) is 80.4 cm³/mol. The maximum atomic E-state index is 5.98. The maximum absolute atomic E-state index is 5.98. The molecule has 0 aliphatic heterocycles. The summed E-state index contributed by atoms with van der Waals surface area (Å²) in [5.74, 6) is 0. The van der Waals surface area contributed by atoms with E-state index < -0.39 is 0 Å². The molecule has 19 heavy (non-hydrogen) atoms. The van der Waals surface area contributed by atoms with Crippen LogP contribution in [0.15, 0.2) is 24.3 Å². The summed E-state index contributed by atoms with van der Waals surface area (Å²) in [6, 6.07) is 9.23. The number of rotatable bonds is 6. The van der Waals surface area contributed by atoms with Gasteiger partial charge in [0, 0.05) is 7.11 Å². The Morgan fingerprint density at radius 3 is 2.37 bits per heavy atom. The van der Waals surface area contributed by atoms with Gasteiger partial charge in [-0.2, -0.15) is 0 Å². The molecule has 2 rings (SSSR count). The standard InChI is InChI=1S/C17H27NO/c1-4-13-18-16(15-9-7-14(2)8-10-15)17(19-3)11-5-6-12-17/h7-10,16,18H,4-6,11-13H2,1-3H3. The van der Waals surface area contributed by atoms with Gasteiger partial charge in [0.05, 0.1) is 11.6 Å². The fourth-order valence-electron chi connectivity index (χ4n) is 3.24. The van der Waals surface area contributed by atoms with Gasteiger partial charge in [0.2, 0.25) is 0 Å². The fraction of sp³-hybridized carbons (Fsp3) is 0.647. The molecule has 0 saturated heterocycles. The monoisotopic (exact) mass is 261 g/mol. The molecule has 0 bridgehead atoms. The first-order valence-corrected chi connectivity index (χ1v) is 7.57. The van der Waals surface area contributed by atoms with Crippen LogP contribution in [0.5, 0.6) is 0 Å². The van der Waals surface area contributed by atoms with Crippen LogP contribution >= 0.6 is 0 Å². The van der Waals surface area contributed by atoms with Crippen LogP contribution in [-0.4, -0.2) is 19.3 Å². The summed E-state index contributed by atoms with van der Waals surface area (Å²) in [6.07, 6.45) is 6.05. The zero-order chi connectivity index (χ0) is 13.7. The van der Waals surface area contributed by atoms with Crippen molar-refractivity contribution in [1.82, 2.24) is 5.32 Å². The SMILES string of the molecule is CCCNC(c1ccc(C)cc1)C1(OC)CCCC1. The molecule has 1 N–H and O–H groups in total. The third-order valence-corrected chi connectivity index (χ3v) is 4.39. The Morgan fingerprint density at radius 2 is 1.84 bits per heavy atom. The number of methoxy groups -OCH3 is 1. The largest absolute Gasteiger partial charge is 0.376 e. The van der Waals surface area contributed by atoms with Crippen LogP contribution in [0, 0.1) is 6.92 Å². The van der Waals surface area contributed by atoms with Crippen molar-refractivity contribution in [3.63, 3.8) is 0 Å². The predicted octanol–water partition coefficient (Wildman–Crippen LogP) is 3.99. The van der Waals surface area contributed by atoms with Crippen LogP contribution in [0.2, 0.25) is 0 Å². The molecule has 1 aromatic carbocycles. The van der Waals surface area contributed by atoms with E-state index in [1.54, 1.807) is 0 Å². The van der Waals surface area contributed by atoms with Gasteiger partial charge in [0.15, 0.2) is 0 Å². The lowest BCUT2D eigenvalue weighted by atomic mass is 9.86. The summed E-state index contributed by atoms with van der Waals surface area (Å²) in [6.45, 7) is 5.40. The molecule has 106 valence electrons. The topological polar surface area (TPSA) is 21.3 Å². The van der Waals surface area contributed by atoms with E-state index in [2.05, 4.69) is 43.4 Å². The minimum absolute atomic E-state index is 0.00950. The molecule has 0 spiro atoms. The molecule has 1 unspecified atom stereocenters. The highest BCUT2D eigenvalue weighted by atomic mass is 16.5. The highest BCUT2D eigenvalue weighted by molar-refractivity contribution is 5.27. The molecule has 0 amide bonds. The number of nitrogens with one attached hydrogen (secondary N) is 1. The highest BCUT2D eigenvalue weighted by Crippen LogP contribution is 2.42. The summed E-state index contributed by atoms with van der Waals surface area (Å²) in [7, 11) is 1.88. The number of benzene rings is 1. The van der Waals surface area contributed by atoms with E-state index in [1.165, 1.54) is 36.8 Å². The molecule has 1 aliphatic carbocycles. The lowest BCUT2D eigenvalue weighted by Gasteiger charge is -2.37. The molecule has 1 aliphatic rings. The Balaban J connectivity index is 2.26. The van der Waals surface area contributed by atoms with Crippen LogP contribution in [-0.2, 0) is 4.74 Å². The number of ether oxygens (including phenoxy) is 1. The minimum atomic E-state index is -0.00950. The number of hydrogen-bond donors (Lipinski definition) is 1. The molecular weight excluding hydrogens is 234 g/mol. The zero-order valence-electron chi connectivity index (χ0n) is 12.5. The molecule has 0 radical (unpaired) electrons. The normalized spacial score (nSPS) is 19.5. The Morgan fingerprint density at radius 1 is 1.21 bits per heavy atom. The molecule has 1 saturated carbocycles. The lowest BCUT2D eigenvalue weighted by molar-refractivity contribution is -0.0367. The average molecular weight is 261 g/mol. The van der Waals surface area contributed by atoms with Gasteiger partial charge < -0.3 is 10.1 Å². The third kappa shape index (κ3) is 3.18. The molecule has 2 nitrogen and oxygen atoms in total. The second-order valence-electron chi connectivity index (χ2n) is 5.77. The van der Waals surface area contributed by atoms with E-state index >= 15 is 0 Å². The number of aryl methyl sites for hydroxylation is 1. The molecular formula is C17H27NO. The van der Waals surface area contributed by atoms with Gasteiger partial charge in [0.25, 0.3) is 0 Å². The minimum Gasteiger partial charge on any atom is -0.376 e. The van der Waals surface area contributed by atoms with Gasteiger partial charge in [0.1, 0.15) is 0 Å². The van der Waals surface area contributed by atoms with E-state index in [4.69, 9.17) is 4.74 Å². The number of hydrogen-bond acceptors (Lipinski definition) is 2. The van der Waals surface area contributed by atoms with Crippen LogP contribution < -0.4 is 5.32 Å². The maximum Gasteiger partial charge on any atom is 0.0872 e. The van der Waals surface area contributed by atoms with Gasteiger partial charge in [-0.05, 0) is 38.3 Å². The van der Waals surface area contributed by atoms with Gasteiger partial charge in [-0.3, -0.25) is 0 Å². The van der Waals surface area contributed by atoms with Crippen LogP contribution in [0.25, 0.3) is 0 Å². The summed E-state index contributed by atoms with van der Waals surface area (Å²) in [5, 5.41) is 3.71. The molecule has 1 atom stereocenters. The van der Waals surface area contributed by atoms with Gasteiger partial charge in [-0.25, -0.2) is 0 Å². The lowest BCUT2D eigenvalue weighted by Crippen LogP contribution is -2.43. The van der Waals surface area contributed by atoms with Gasteiger partial charge in [-0.1, -0.05) is 49.6 Å². The Bertz CT molecular complexity index is 379. The second-order valence-corrected chi connectivity index (χ2v) is 5.77. The zero-order valence-corrected chi connectivity index (χ0v) is 12.5. The molecule has 1 aromatic rings. The summed E-state index contributed by atoms with van der Waals surface area (Å²) >= 11 is 0. The van der Waals surface area contributed by atoms with Crippen LogP contribution in [0.3, 0.4) is 0 Å². The van der Waals surface area contributed by atoms with Gasteiger partial charge in [-0.15, -0.1) is 0 Å². The van der Waals surface area contributed by atoms with Crippen LogP contribution in [0.4, 0.5) is 0 Å². The Hall–Kier alpha value is -0.860. The van der Waals surface area contributed by atoms with E-state index in [0.717, 1.165) is 13.0 Å². The average Bonchev–Trinajstić information content (AvgIpc) is 2.91. The summed E-state index contributed by atoms with van der Waals surface area (Å²) in [5.41, 5.74) is 2.67. The van der Waals surface area contributed by atoms with Crippen molar-refractivity contribution >= 4 is 0 Å². The molecule has 1 fully saturated rings. The first kappa shape index (κ1) is 14.5. The first-order valence-electron chi connectivity index (χ1n) is 7.57. The van der Waals surface area contributed by atoms with E-state index in [9.17, 15) is 0 Å². The Labute approximate surface area is 117 Å². The van der Waals surface area contributed by atoms with Crippen molar-refractivity contribution in [2.75, 3.05) is 13.7 Å². The van der Waals surface area contributed by atoms with E-state index in [-0.39, 0.29) is 5.60 Å². The Kier molecular flexibility index (Phi) is 5.00. The molecule has 2 heteroatoms. The summed E-state index contributed by atoms with van der Waals surface area (Å²) in [4.78, 5) is 0. The van der Waals surface area contributed by atoms with Crippen LogP contribution in [0.1, 0.15) is 56.2 Å². The quantitative estimate of drug-likeness (QED) is 0.836. The fourth-order valence-corrected chi connectivity index (χ4v) is 3.24. The van der Waals surface area contributed by atoms with Gasteiger partial charge >= 0.3 is 0 Å². The highest BCUT2D eigenvalue weighted by Gasteiger charge is 2.42. The van der Waals surface area contributed by atoms with Crippen molar-refractivity contribution in [2.45, 2.75) is 57.6 Å². The van der Waals surface area contributed by atoms with E-state index in [0.29, 0.717) is 6.04 Å². The van der Waals surface area contributed by atoms with E-state index in [1.807, 2.05) is 7.11 Å². The smallest absolute Gasteiger partial charge is 0.0872 e.